The van der Waals surface area contributed by atoms with E-state index in [9.17, 15) is 19.7 Å². The number of amides is 1. The van der Waals surface area contributed by atoms with Crippen molar-refractivity contribution in [2.45, 2.75) is 25.1 Å². The van der Waals surface area contributed by atoms with Gasteiger partial charge in [-0.05, 0) is 4.92 Å². The minimum atomic E-state index is -1.10. The SMILES string of the molecule is COC1CC(C(=O)O)N(C(=O)Cn2ccc([N+](=O)[O-])n2)C1. The summed E-state index contributed by atoms with van der Waals surface area (Å²) in [5.74, 6) is -1.94. The summed E-state index contributed by atoms with van der Waals surface area (Å²) in [5, 5.41) is 23.3. The van der Waals surface area contributed by atoms with Crippen molar-refractivity contribution in [3.8, 4) is 0 Å². The molecule has 1 N–H and O–H groups in total. The second-order valence-electron chi connectivity index (χ2n) is 4.62. The molecule has 1 aliphatic heterocycles. The van der Waals surface area contributed by atoms with Crippen molar-refractivity contribution < 1.29 is 24.4 Å². The van der Waals surface area contributed by atoms with Gasteiger partial charge in [0, 0.05) is 20.1 Å². The maximum absolute atomic E-state index is 12.1. The molecule has 2 rings (SSSR count). The molecule has 2 unspecified atom stereocenters. The predicted molar refractivity (Wildman–Crippen MR) is 67.4 cm³/mol. The zero-order valence-corrected chi connectivity index (χ0v) is 11.2. The number of likely N-dealkylation sites (tertiary alicyclic amines) is 1. The van der Waals surface area contributed by atoms with Crippen LogP contribution in [0.4, 0.5) is 5.82 Å². The summed E-state index contributed by atoms with van der Waals surface area (Å²) >= 11 is 0. The molecule has 2 atom stereocenters. The first-order valence-electron chi connectivity index (χ1n) is 6.15. The largest absolute Gasteiger partial charge is 0.480 e. The fourth-order valence-electron chi connectivity index (χ4n) is 2.24. The summed E-state index contributed by atoms with van der Waals surface area (Å²) in [6.45, 7) is -0.0796. The number of hydrogen-bond acceptors (Lipinski definition) is 6. The smallest absolute Gasteiger partial charge is 0.389 e. The zero-order valence-electron chi connectivity index (χ0n) is 11.2. The van der Waals surface area contributed by atoms with Crippen LogP contribution in [0.25, 0.3) is 0 Å². The quantitative estimate of drug-likeness (QED) is 0.572. The number of nitro groups is 1. The monoisotopic (exact) mass is 298 g/mol. The number of aromatic nitrogens is 2. The lowest BCUT2D eigenvalue weighted by Crippen LogP contribution is -2.42. The average molecular weight is 298 g/mol. The normalized spacial score (nSPS) is 21.5. The molecule has 0 bridgehead atoms. The molecule has 1 aliphatic rings. The zero-order chi connectivity index (χ0) is 15.6. The first kappa shape index (κ1) is 14.9. The number of nitrogens with zero attached hydrogens (tertiary/aromatic N) is 4. The third-order valence-corrected chi connectivity index (χ3v) is 3.31. The molecule has 10 nitrogen and oxygen atoms in total. The van der Waals surface area contributed by atoms with Gasteiger partial charge >= 0.3 is 11.8 Å². The Labute approximate surface area is 119 Å². The van der Waals surface area contributed by atoms with Gasteiger partial charge in [0.15, 0.2) is 0 Å². The molecule has 1 aromatic heterocycles. The van der Waals surface area contributed by atoms with Gasteiger partial charge in [-0.15, -0.1) is 0 Å². The number of carboxylic acid groups (broad SMARTS) is 1. The van der Waals surface area contributed by atoms with E-state index in [4.69, 9.17) is 9.84 Å². The Morgan fingerprint density at radius 2 is 2.33 bits per heavy atom. The molecule has 10 heteroatoms. The molecule has 1 saturated heterocycles. The highest BCUT2D eigenvalue weighted by atomic mass is 16.6. The number of carboxylic acids is 1. The maximum atomic E-state index is 12.1. The van der Waals surface area contributed by atoms with Crippen LogP contribution >= 0.6 is 0 Å². The van der Waals surface area contributed by atoms with Crippen molar-refractivity contribution in [3.05, 3.63) is 22.4 Å². The Kier molecular flexibility index (Phi) is 4.17. The minimum absolute atomic E-state index is 0.176. The third kappa shape index (κ3) is 3.16. The molecular weight excluding hydrogens is 284 g/mol. The standard InChI is InChI=1S/C11H14N4O6/c1-21-7-4-8(11(17)18)14(5-7)10(16)6-13-3-2-9(12-13)15(19)20/h2-3,7-8H,4-6H2,1H3,(H,17,18). The topological polar surface area (TPSA) is 128 Å². The van der Waals surface area contributed by atoms with Crippen molar-refractivity contribution >= 4 is 17.7 Å². The fraction of sp³-hybridized carbons (Fsp3) is 0.545. The van der Waals surface area contributed by atoms with E-state index in [1.54, 1.807) is 0 Å². The van der Waals surface area contributed by atoms with Crippen molar-refractivity contribution in [1.29, 1.82) is 0 Å². The Morgan fingerprint density at radius 1 is 1.62 bits per heavy atom. The number of methoxy groups -OCH3 is 1. The van der Waals surface area contributed by atoms with Gasteiger partial charge in [-0.3, -0.25) is 4.79 Å². The highest BCUT2D eigenvalue weighted by Crippen LogP contribution is 2.21. The van der Waals surface area contributed by atoms with Crippen LogP contribution in [0.3, 0.4) is 0 Å². The molecule has 0 saturated carbocycles. The van der Waals surface area contributed by atoms with Crippen LogP contribution in [0.5, 0.6) is 0 Å². The molecule has 1 fully saturated rings. The van der Waals surface area contributed by atoms with Gasteiger partial charge in [0.2, 0.25) is 5.91 Å². The highest BCUT2D eigenvalue weighted by molar-refractivity contribution is 5.84. The number of ether oxygens (including phenoxy) is 1. The van der Waals surface area contributed by atoms with Crippen molar-refractivity contribution in [1.82, 2.24) is 14.7 Å². The molecule has 114 valence electrons. The molecular formula is C11H14N4O6. The lowest BCUT2D eigenvalue weighted by atomic mass is 10.2. The van der Waals surface area contributed by atoms with Gasteiger partial charge in [0.1, 0.15) is 12.6 Å². The van der Waals surface area contributed by atoms with Gasteiger partial charge in [-0.1, -0.05) is 0 Å². The van der Waals surface area contributed by atoms with E-state index in [2.05, 4.69) is 5.10 Å². The Morgan fingerprint density at radius 3 is 2.86 bits per heavy atom. The first-order valence-corrected chi connectivity index (χ1v) is 6.15. The average Bonchev–Trinajstić information content (AvgIpc) is 3.04. The van der Waals surface area contributed by atoms with Gasteiger partial charge < -0.3 is 24.9 Å². The maximum Gasteiger partial charge on any atom is 0.389 e. The molecule has 2 heterocycles. The third-order valence-electron chi connectivity index (χ3n) is 3.31. The van der Waals surface area contributed by atoms with E-state index in [0.29, 0.717) is 0 Å². The summed E-state index contributed by atoms with van der Waals surface area (Å²) in [6.07, 6.45) is 1.19. The van der Waals surface area contributed by atoms with Crippen molar-refractivity contribution in [3.63, 3.8) is 0 Å². The van der Waals surface area contributed by atoms with E-state index in [0.717, 1.165) is 4.68 Å². The summed E-state index contributed by atoms with van der Waals surface area (Å²) < 4.78 is 6.20. The van der Waals surface area contributed by atoms with Crippen LogP contribution < -0.4 is 0 Å². The van der Waals surface area contributed by atoms with E-state index in [-0.39, 0.29) is 31.4 Å². The minimum Gasteiger partial charge on any atom is -0.480 e. The Balaban J connectivity index is 2.07. The lowest BCUT2D eigenvalue weighted by molar-refractivity contribution is -0.389. The van der Waals surface area contributed by atoms with Gasteiger partial charge in [0.05, 0.1) is 23.5 Å². The van der Waals surface area contributed by atoms with Crippen LogP contribution in [-0.2, 0) is 20.9 Å². The second-order valence-corrected chi connectivity index (χ2v) is 4.62. The molecule has 1 amide bonds. The van der Waals surface area contributed by atoms with E-state index < -0.39 is 22.8 Å². The summed E-state index contributed by atoms with van der Waals surface area (Å²) in [4.78, 5) is 34.4. The van der Waals surface area contributed by atoms with E-state index >= 15 is 0 Å². The number of hydrogen-bond donors (Lipinski definition) is 1. The predicted octanol–water partition coefficient (Wildman–Crippen LogP) is -0.508. The van der Waals surface area contributed by atoms with Gasteiger partial charge in [-0.25, -0.2) is 4.79 Å². The molecule has 1 aromatic rings. The fourth-order valence-corrected chi connectivity index (χ4v) is 2.24. The summed E-state index contributed by atoms with van der Waals surface area (Å²) in [7, 11) is 1.45. The summed E-state index contributed by atoms with van der Waals surface area (Å²) in [5.41, 5.74) is 0. The molecule has 0 aliphatic carbocycles. The first-order chi connectivity index (χ1) is 9.92. The molecule has 21 heavy (non-hydrogen) atoms. The highest BCUT2D eigenvalue weighted by Gasteiger charge is 2.40. The van der Waals surface area contributed by atoms with Crippen LogP contribution in [0, 0.1) is 10.1 Å². The molecule has 0 aromatic carbocycles. The van der Waals surface area contributed by atoms with Crippen LogP contribution in [0.1, 0.15) is 6.42 Å². The molecule has 0 spiro atoms. The number of carbonyl (C=O) groups excluding carboxylic acids is 1. The van der Waals surface area contributed by atoms with Gasteiger partial charge in [0.25, 0.3) is 0 Å². The number of rotatable bonds is 5. The van der Waals surface area contributed by atoms with Crippen LogP contribution in [-0.4, -0.2) is 62.4 Å². The van der Waals surface area contributed by atoms with Gasteiger partial charge in [-0.2, -0.15) is 4.68 Å². The summed E-state index contributed by atoms with van der Waals surface area (Å²) in [6, 6.07) is 0.220. The number of aliphatic carboxylic acids is 1. The van der Waals surface area contributed by atoms with E-state index in [1.807, 2.05) is 0 Å². The lowest BCUT2D eigenvalue weighted by Gasteiger charge is -2.20. The molecule has 0 radical (unpaired) electrons. The second kappa shape index (κ2) is 5.87. The Bertz CT molecular complexity index is 571. The van der Waals surface area contributed by atoms with Crippen LogP contribution in [0.15, 0.2) is 12.3 Å². The van der Waals surface area contributed by atoms with Crippen LogP contribution in [0.2, 0.25) is 0 Å². The van der Waals surface area contributed by atoms with E-state index in [1.165, 1.54) is 24.3 Å². The Hall–Kier alpha value is -2.49. The van der Waals surface area contributed by atoms with Crippen molar-refractivity contribution in [2.75, 3.05) is 13.7 Å². The van der Waals surface area contributed by atoms with Crippen molar-refractivity contribution in [2.24, 2.45) is 0 Å². The number of carbonyl (C=O) groups is 2.